The summed E-state index contributed by atoms with van der Waals surface area (Å²) in [6, 6.07) is 2.33. The van der Waals surface area contributed by atoms with Gasteiger partial charge in [-0.15, -0.1) is 11.8 Å². The Morgan fingerprint density at radius 2 is 2.33 bits per heavy atom. The predicted molar refractivity (Wildman–Crippen MR) is 98.0 cm³/mol. The van der Waals surface area contributed by atoms with Gasteiger partial charge in [0.1, 0.15) is 5.82 Å². The van der Waals surface area contributed by atoms with Crippen LogP contribution in [0.5, 0.6) is 0 Å². The molecule has 0 N–H and O–H groups in total. The Morgan fingerprint density at radius 3 is 3.17 bits per heavy atom. The van der Waals surface area contributed by atoms with Crippen molar-refractivity contribution in [1.82, 2.24) is 9.88 Å². The molecule has 1 aromatic rings. The van der Waals surface area contributed by atoms with Gasteiger partial charge in [0.2, 0.25) is 5.91 Å². The molecule has 1 fully saturated rings. The summed E-state index contributed by atoms with van der Waals surface area (Å²) in [6.45, 7) is 5.68. The fourth-order valence-corrected chi connectivity index (χ4v) is 4.55. The minimum Gasteiger partial charge on any atom is -0.381 e. The average molecular weight is 370 g/mol. The number of carbonyl (C=O) groups excluding carboxylic acids is 1. The molecule has 0 saturated carbocycles. The molecule has 132 valence electrons. The van der Waals surface area contributed by atoms with Gasteiger partial charge in [-0.3, -0.25) is 4.79 Å². The van der Waals surface area contributed by atoms with Crippen LogP contribution in [0, 0.1) is 0 Å². The maximum atomic E-state index is 12.4. The summed E-state index contributed by atoms with van der Waals surface area (Å²) in [7, 11) is 0. The highest BCUT2D eigenvalue weighted by Crippen LogP contribution is 2.37. The maximum Gasteiger partial charge on any atom is 0.225 e. The molecule has 3 heterocycles. The first-order valence-electron chi connectivity index (χ1n) is 8.59. The maximum absolute atomic E-state index is 12.4. The summed E-state index contributed by atoms with van der Waals surface area (Å²) >= 11 is 7.89. The quantitative estimate of drug-likeness (QED) is 0.746. The minimum atomic E-state index is 0.201. The molecule has 1 atom stereocenters. The number of halogens is 1. The number of aromatic nitrogens is 1. The third-order valence-electron chi connectivity index (χ3n) is 4.42. The zero-order chi connectivity index (χ0) is 16.9. The second kappa shape index (κ2) is 8.41. The summed E-state index contributed by atoms with van der Waals surface area (Å²) in [5, 5.41) is 0.681. The van der Waals surface area contributed by atoms with E-state index < -0.39 is 0 Å². The topological polar surface area (TPSA) is 45.7 Å². The molecule has 0 aromatic carbocycles. The lowest BCUT2D eigenvalue weighted by atomic mass is 10.1. The average Bonchev–Trinajstić information content (AvgIpc) is 2.76. The number of fused-ring (bicyclic) bond motifs is 3. The number of piperazine rings is 1. The van der Waals surface area contributed by atoms with Gasteiger partial charge in [0.15, 0.2) is 0 Å². The Labute approximate surface area is 152 Å². The van der Waals surface area contributed by atoms with E-state index in [9.17, 15) is 4.79 Å². The van der Waals surface area contributed by atoms with E-state index in [0.717, 1.165) is 55.5 Å². The fourth-order valence-electron chi connectivity index (χ4n) is 3.21. The number of anilines is 1. The highest BCUT2D eigenvalue weighted by Gasteiger charge is 2.33. The monoisotopic (exact) mass is 369 g/mol. The fraction of sp³-hybridized carbons (Fsp3) is 0.647. The molecular formula is C17H24ClN3O2S. The van der Waals surface area contributed by atoms with Gasteiger partial charge in [0.25, 0.3) is 0 Å². The summed E-state index contributed by atoms with van der Waals surface area (Å²) in [4.78, 5) is 22.4. The molecule has 24 heavy (non-hydrogen) atoms. The van der Waals surface area contributed by atoms with Crippen LogP contribution in [-0.4, -0.2) is 60.4 Å². The van der Waals surface area contributed by atoms with Crippen LogP contribution in [0.15, 0.2) is 17.2 Å². The summed E-state index contributed by atoms with van der Waals surface area (Å²) in [6.07, 6.45) is 4.23. The number of rotatable bonds is 5. The minimum absolute atomic E-state index is 0.201. The molecule has 5 nitrogen and oxygen atoms in total. The smallest absolute Gasteiger partial charge is 0.225 e. The van der Waals surface area contributed by atoms with E-state index in [-0.39, 0.29) is 5.91 Å². The van der Waals surface area contributed by atoms with Gasteiger partial charge in [-0.05, 0) is 18.9 Å². The number of ether oxygens (including phenoxy) is 1. The molecule has 2 aliphatic rings. The van der Waals surface area contributed by atoms with Crippen LogP contribution >= 0.6 is 23.4 Å². The number of pyridine rings is 1. The van der Waals surface area contributed by atoms with Gasteiger partial charge >= 0.3 is 0 Å². The molecule has 1 amide bonds. The van der Waals surface area contributed by atoms with Crippen molar-refractivity contribution in [2.45, 2.75) is 37.1 Å². The molecule has 1 saturated heterocycles. The van der Waals surface area contributed by atoms with Crippen molar-refractivity contribution in [2.24, 2.45) is 0 Å². The van der Waals surface area contributed by atoms with Crippen LogP contribution in [-0.2, 0) is 9.53 Å². The van der Waals surface area contributed by atoms with Crippen molar-refractivity contribution in [3.8, 4) is 0 Å². The Morgan fingerprint density at radius 1 is 1.46 bits per heavy atom. The zero-order valence-corrected chi connectivity index (χ0v) is 15.6. The van der Waals surface area contributed by atoms with Gasteiger partial charge in [-0.2, -0.15) is 0 Å². The molecule has 2 aliphatic heterocycles. The number of thioether (sulfide) groups is 1. The zero-order valence-electron chi connectivity index (χ0n) is 14.0. The van der Waals surface area contributed by atoms with Crippen LogP contribution in [0.1, 0.15) is 26.2 Å². The first-order chi connectivity index (χ1) is 11.7. The third kappa shape index (κ3) is 4.16. The van der Waals surface area contributed by atoms with Crippen molar-refractivity contribution in [1.29, 1.82) is 0 Å². The first kappa shape index (κ1) is 17.8. The number of nitrogens with zero attached hydrogens (tertiary/aromatic N) is 3. The Bertz CT molecular complexity index is 587. The number of amides is 1. The van der Waals surface area contributed by atoms with E-state index in [4.69, 9.17) is 16.3 Å². The van der Waals surface area contributed by atoms with Crippen molar-refractivity contribution < 1.29 is 9.53 Å². The van der Waals surface area contributed by atoms with Crippen molar-refractivity contribution in [3.05, 3.63) is 17.3 Å². The van der Waals surface area contributed by atoms with Gasteiger partial charge in [-0.1, -0.05) is 18.5 Å². The Balaban J connectivity index is 1.62. The number of hydrogen-bond donors (Lipinski definition) is 0. The molecule has 0 aliphatic carbocycles. The van der Waals surface area contributed by atoms with Crippen LogP contribution in [0.2, 0.25) is 5.02 Å². The van der Waals surface area contributed by atoms with E-state index in [1.54, 1.807) is 18.0 Å². The van der Waals surface area contributed by atoms with Crippen LogP contribution in [0.3, 0.4) is 0 Å². The van der Waals surface area contributed by atoms with Gasteiger partial charge in [-0.25, -0.2) is 4.98 Å². The van der Waals surface area contributed by atoms with E-state index in [1.165, 1.54) is 0 Å². The normalized spacial score (nSPS) is 20.3. The predicted octanol–water partition coefficient (Wildman–Crippen LogP) is 3.06. The van der Waals surface area contributed by atoms with Crippen molar-refractivity contribution in [3.63, 3.8) is 0 Å². The lowest BCUT2D eigenvalue weighted by Crippen LogP contribution is -2.55. The molecule has 0 bridgehead atoms. The second-order valence-corrected chi connectivity index (χ2v) is 7.73. The van der Waals surface area contributed by atoms with Crippen LogP contribution in [0.4, 0.5) is 5.82 Å². The standard InChI is InChI=1S/C17H24ClN3O2S/c1-2-7-23-8-3-16(22)20-5-6-21-14(12-20)4-9-24-15-10-13(18)11-19-17(15)21/h10-11,14H,2-9,12H2,1H3. The van der Waals surface area contributed by atoms with Crippen molar-refractivity contribution in [2.75, 3.05) is 43.5 Å². The van der Waals surface area contributed by atoms with E-state index >= 15 is 0 Å². The molecular weight excluding hydrogens is 346 g/mol. The van der Waals surface area contributed by atoms with E-state index in [0.29, 0.717) is 24.1 Å². The molecule has 3 rings (SSSR count). The molecule has 1 unspecified atom stereocenters. The summed E-state index contributed by atoms with van der Waals surface area (Å²) in [5.41, 5.74) is 0. The first-order valence-corrected chi connectivity index (χ1v) is 9.96. The second-order valence-electron chi connectivity index (χ2n) is 6.16. The summed E-state index contributed by atoms with van der Waals surface area (Å²) < 4.78 is 5.44. The van der Waals surface area contributed by atoms with Crippen LogP contribution in [0.25, 0.3) is 0 Å². The lowest BCUT2D eigenvalue weighted by Gasteiger charge is -2.41. The highest BCUT2D eigenvalue weighted by molar-refractivity contribution is 7.99. The largest absolute Gasteiger partial charge is 0.381 e. The Kier molecular flexibility index (Phi) is 6.25. The molecule has 0 radical (unpaired) electrons. The molecule has 0 spiro atoms. The highest BCUT2D eigenvalue weighted by atomic mass is 35.5. The SMILES string of the molecule is CCCOCCC(=O)N1CCN2c3ncc(Cl)cc3SCCC2C1. The molecule has 1 aromatic heterocycles. The lowest BCUT2D eigenvalue weighted by molar-refractivity contribution is -0.133. The van der Waals surface area contributed by atoms with E-state index in [2.05, 4.69) is 16.8 Å². The number of carbonyl (C=O) groups is 1. The molecule has 7 heteroatoms. The Hall–Kier alpha value is -0.980. The number of hydrogen-bond acceptors (Lipinski definition) is 5. The van der Waals surface area contributed by atoms with E-state index in [1.807, 2.05) is 11.0 Å². The summed E-state index contributed by atoms with van der Waals surface area (Å²) in [5.74, 6) is 2.25. The van der Waals surface area contributed by atoms with Crippen molar-refractivity contribution >= 4 is 35.1 Å². The van der Waals surface area contributed by atoms with Gasteiger partial charge in [0, 0.05) is 44.2 Å². The van der Waals surface area contributed by atoms with Crippen LogP contribution < -0.4 is 4.90 Å². The van der Waals surface area contributed by atoms with Gasteiger partial charge in [0.05, 0.1) is 22.9 Å². The van der Waals surface area contributed by atoms with Gasteiger partial charge < -0.3 is 14.5 Å². The third-order valence-corrected chi connectivity index (χ3v) is 5.68.